The number of hydrogen-bond donors (Lipinski definition) is 0. The van der Waals surface area contributed by atoms with Gasteiger partial charge in [0.15, 0.2) is 6.29 Å². The second kappa shape index (κ2) is 5.42. The first-order valence-electron chi connectivity index (χ1n) is 5.89. The number of hydrogen-bond acceptors (Lipinski definition) is 4. The van der Waals surface area contributed by atoms with Gasteiger partial charge in [0.25, 0.3) is 5.56 Å². The molecule has 0 saturated carbocycles. The van der Waals surface area contributed by atoms with Crippen LogP contribution in [0.1, 0.15) is 30.1 Å². The van der Waals surface area contributed by atoms with Crippen LogP contribution in [0.25, 0.3) is 10.2 Å². The Hall–Kier alpha value is -1.21. The van der Waals surface area contributed by atoms with E-state index in [1.165, 1.54) is 20.5 Å². The van der Waals surface area contributed by atoms with Crippen LogP contribution in [0.2, 0.25) is 0 Å². The number of aldehydes is 1. The molecule has 7 heteroatoms. The summed E-state index contributed by atoms with van der Waals surface area (Å²) in [5.41, 5.74) is -0.390. The molecule has 0 N–H and O–H groups in total. The number of aromatic nitrogens is 2. The predicted molar refractivity (Wildman–Crippen MR) is 79.3 cm³/mol. The predicted octanol–water partition coefficient (Wildman–Crippen LogP) is 2.14. The molecule has 0 fully saturated rings. The molecular formula is C12H13BrN2O3S. The van der Waals surface area contributed by atoms with E-state index in [0.29, 0.717) is 32.4 Å². The number of carbonyl (C=O) groups is 1. The molecule has 19 heavy (non-hydrogen) atoms. The zero-order valence-corrected chi connectivity index (χ0v) is 13.0. The van der Waals surface area contributed by atoms with Crippen LogP contribution in [-0.2, 0) is 13.6 Å². The highest BCUT2D eigenvalue weighted by molar-refractivity contribution is 9.11. The van der Waals surface area contributed by atoms with Gasteiger partial charge in [0.2, 0.25) is 0 Å². The summed E-state index contributed by atoms with van der Waals surface area (Å²) in [7, 11) is 1.62. The molecule has 0 aliphatic carbocycles. The zero-order valence-electron chi connectivity index (χ0n) is 10.6. The molecular weight excluding hydrogens is 332 g/mol. The largest absolute Gasteiger partial charge is 0.331 e. The molecule has 0 atom stereocenters. The van der Waals surface area contributed by atoms with E-state index in [1.54, 1.807) is 7.05 Å². The molecule has 0 aliphatic rings. The number of unbranched alkanes of at least 4 members (excludes halogenated alkanes) is 1. The summed E-state index contributed by atoms with van der Waals surface area (Å²) in [5.74, 6) is 0. The van der Waals surface area contributed by atoms with Crippen LogP contribution in [0.5, 0.6) is 0 Å². The number of nitrogens with zero attached hydrogens (tertiary/aromatic N) is 2. The lowest BCUT2D eigenvalue weighted by molar-refractivity contribution is 0.112. The zero-order chi connectivity index (χ0) is 14.2. The summed E-state index contributed by atoms with van der Waals surface area (Å²) in [5, 5.41) is 0.324. The Kier molecular flexibility index (Phi) is 4.05. The lowest BCUT2D eigenvalue weighted by atomic mass is 10.2. The Labute approximate surface area is 121 Å². The third-order valence-electron chi connectivity index (χ3n) is 3.02. The number of aryl methyl sites for hydroxylation is 1. The Balaban J connectivity index is 2.89. The van der Waals surface area contributed by atoms with Crippen molar-refractivity contribution in [2.75, 3.05) is 0 Å². The van der Waals surface area contributed by atoms with E-state index < -0.39 is 0 Å². The summed E-state index contributed by atoms with van der Waals surface area (Å²) in [4.78, 5) is 36.2. The molecule has 0 amide bonds. The summed E-state index contributed by atoms with van der Waals surface area (Å²) in [6, 6.07) is 0. The highest BCUT2D eigenvalue weighted by Gasteiger charge is 2.19. The van der Waals surface area contributed by atoms with Crippen molar-refractivity contribution in [1.82, 2.24) is 9.13 Å². The van der Waals surface area contributed by atoms with Gasteiger partial charge in [0.05, 0.1) is 14.7 Å². The monoisotopic (exact) mass is 344 g/mol. The first-order valence-corrected chi connectivity index (χ1v) is 7.50. The minimum absolute atomic E-state index is 0.324. The van der Waals surface area contributed by atoms with Gasteiger partial charge < -0.3 is 0 Å². The molecule has 0 radical (unpaired) electrons. The molecule has 0 saturated heterocycles. The van der Waals surface area contributed by atoms with Gasteiger partial charge in [-0.3, -0.25) is 18.7 Å². The summed E-state index contributed by atoms with van der Waals surface area (Å²) < 4.78 is 3.21. The van der Waals surface area contributed by atoms with Crippen molar-refractivity contribution in [1.29, 1.82) is 0 Å². The van der Waals surface area contributed by atoms with Gasteiger partial charge in [-0.1, -0.05) is 13.3 Å². The lowest BCUT2D eigenvalue weighted by Gasteiger charge is -2.07. The molecule has 2 heterocycles. The third kappa shape index (κ3) is 2.21. The van der Waals surface area contributed by atoms with Gasteiger partial charge in [-0.15, -0.1) is 11.3 Å². The normalized spacial score (nSPS) is 11.1. The fraction of sp³-hybridized carbons (Fsp3) is 0.417. The van der Waals surface area contributed by atoms with Crippen molar-refractivity contribution >= 4 is 43.8 Å². The van der Waals surface area contributed by atoms with E-state index in [9.17, 15) is 14.4 Å². The maximum atomic E-state index is 12.4. The van der Waals surface area contributed by atoms with Crippen molar-refractivity contribution in [2.24, 2.45) is 7.05 Å². The van der Waals surface area contributed by atoms with Gasteiger partial charge in [-0.25, -0.2) is 4.79 Å². The summed E-state index contributed by atoms with van der Waals surface area (Å²) >= 11 is 4.49. The van der Waals surface area contributed by atoms with Crippen LogP contribution in [0.3, 0.4) is 0 Å². The maximum absolute atomic E-state index is 12.4. The van der Waals surface area contributed by atoms with Gasteiger partial charge in [-0.05, 0) is 22.4 Å². The molecule has 0 spiro atoms. The second-order valence-electron chi connectivity index (χ2n) is 4.24. The minimum atomic E-state index is -0.379. The average molecular weight is 345 g/mol. The molecule has 0 unspecified atom stereocenters. The Morgan fingerprint density at radius 1 is 1.37 bits per heavy atom. The third-order valence-corrected chi connectivity index (χ3v) is 5.00. The molecule has 2 aromatic heterocycles. The van der Waals surface area contributed by atoms with Crippen molar-refractivity contribution < 1.29 is 4.79 Å². The highest BCUT2D eigenvalue weighted by Crippen LogP contribution is 2.31. The van der Waals surface area contributed by atoms with Crippen LogP contribution >= 0.6 is 27.3 Å². The molecule has 2 aromatic rings. The molecule has 0 bridgehead atoms. The number of fused-ring (bicyclic) bond motifs is 1. The van der Waals surface area contributed by atoms with Crippen molar-refractivity contribution in [2.45, 2.75) is 26.3 Å². The first-order chi connectivity index (χ1) is 9.02. The quantitative estimate of drug-likeness (QED) is 0.798. The Morgan fingerprint density at radius 2 is 2.05 bits per heavy atom. The van der Waals surface area contributed by atoms with E-state index in [2.05, 4.69) is 15.9 Å². The molecule has 0 aliphatic heterocycles. The number of carbonyl (C=O) groups excluding carboxylic acids is 1. The van der Waals surface area contributed by atoms with Crippen molar-refractivity contribution in [3.8, 4) is 0 Å². The average Bonchev–Trinajstić information content (AvgIpc) is 2.73. The van der Waals surface area contributed by atoms with E-state index in [1.807, 2.05) is 6.92 Å². The van der Waals surface area contributed by atoms with Crippen LogP contribution in [-0.4, -0.2) is 15.4 Å². The maximum Gasteiger partial charge on any atom is 0.331 e. The molecule has 5 nitrogen and oxygen atoms in total. The Morgan fingerprint density at radius 3 is 2.63 bits per heavy atom. The van der Waals surface area contributed by atoms with Crippen LogP contribution in [0, 0.1) is 0 Å². The second-order valence-corrected chi connectivity index (χ2v) is 6.56. The minimum Gasteiger partial charge on any atom is -0.298 e. The van der Waals surface area contributed by atoms with E-state index in [0.717, 1.165) is 12.8 Å². The summed E-state index contributed by atoms with van der Waals surface area (Å²) in [6.07, 6.45) is 2.29. The van der Waals surface area contributed by atoms with Crippen molar-refractivity contribution in [3.63, 3.8) is 0 Å². The van der Waals surface area contributed by atoms with E-state index in [-0.39, 0.29) is 11.2 Å². The summed E-state index contributed by atoms with van der Waals surface area (Å²) in [6.45, 7) is 2.37. The molecule has 2 rings (SSSR count). The van der Waals surface area contributed by atoms with Gasteiger partial charge >= 0.3 is 5.69 Å². The Bertz CT molecular complexity index is 757. The van der Waals surface area contributed by atoms with Gasteiger partial charge in [0.1, 0.15) is 4.83 Å². The smallest absolute Gasteiger partial charge is 0.298 e. The SMILES string of the molecule is CCCCn1c(=O)c2c(C=O)c(Br)sc2n(C)c1=O. The lowest BCUT2D eigenvalue weighted by Crippen LogP contribution is -2.38. The fourth-order valence-electron chi connectivity index (χ4n) is 1.96. The fourth-order valence-corrected chi connectivity index (χ4v) is 3.65. The topological polar surface area (TPSA) is 61.1 Å². The van der Waals surface area contributed by atoms with Gasteiger partial charge in [-0.2, -0.15) is 0 Å². The van der Waals surface area contributed by atoms with E-state index in [4.69, 9.17) is 0 Å². The number of halogens is 1. The first kappa shape index (κ1) is 14.2. The number of rotatable bonds is 4. The van der Waals surface area contributed by atoms with E-state index >= 15 is 0 Å². The number of thiophene rings is 1. The van der Waals surface area contributed by atoms with Crippen molar-refractivity contribution in [3.05, 3.63) is 30.2 Å². The standard InChI is InChI=1S/C12H13BrN2O3S/c1-3-4-5-15-10(17)8-7(6-16)9(13)19-11(8)14(2)12(15)18/h6H,3-5H2,1-2H3. The molecule has 0 aromatic carbocycles. The van der Waals surface area contributed by atoms with Gasteiger partial charge in [0, 0.05) is 13.6 Å². The molecule has 102 valence electrons. The van der Waals surface area contributed by atoms with Crippen LogP contribution in [0.4, 0.5) is 0 Å². The highest BCUT2D eigenvalue weighted by atomic mass is 79.9. The van der Waals surface area contributed by atoms with Crippen LogP contribution in [0.15, 0.2) is 13.4 Å². The van der Waals surface area contributed by atoms with Crippen LogP contribution < -0.4 is 11.2 Å².